The van der Waals surface area contributed by atoms with Gasteiger partial charge in [-0.15, -0.1) is 0 Å². The van der Waals surface area contributed by atoms with Gasteiger partial charge in [0.1, 0.15) is 0 Å². The fourth-order valence-electron chi connectivity index (χ4n) is 4.18. The molecular weight excluding hydrogens is 465 g/mol. The molecule has 0 unspecified atom stereocenters. The maximum atomic E-state index is 10.7. The number of fused-ring (bicyclic) bond motifs is 4. The number of carbonyl (C=O) groups is 1. The Balaban J connectivity index is 1.72. The predicted molar refractivity (Wildman–Crippen MR) is 134 cm³/mol. The molecule has 0 saturated carbocycles. The first-order valence-electron chi connectivity index (χ1n) is 11.4. The summed E-state index contributed by atoms with van der Waals surface area (Å²) >= 11 is 0.192. The van der Waals surface area contributed by atoms with Crippen LogP contribution in [0.5, 0.6) is 0 Å². The molecule has 2 aliphatic rings. The minimum absolute atomic E-state index is 0.192. The summed E-state index contributed by atoms with van der Waals surface area (Å²) in [4.78, 5) is 15.8. The number of anilines is 1. The van der Waals surface area contributed by atoms with Crippen LogP contribution < -0.4 is 15.2 Å². The van der Waals surface area contributed by atoms with Gasteiger partial charge in [-0.1, -0.05) is 0 Å². The molecule has 1 aliphatic carbocycles. The van der Waals surface area contributed by atoms with E-state index in [0.29, 0.717) is 0 Å². The number of hydrogen-bond donors (Lipinski definition) is 2. The first-order valence-corrected chi connectivity index (χ1v) is 13.1. The summed E-state index contributed by atoms with van der Waals surface area (Å²) in [6, 6.07) is 17.4. The second-order valence-corrected chi connectivity index (χ2v) is 10.3. The van der Waals surface area contributed by atoms with Gasteiger partial charge in [0.05, 0.1) is 0 Å². The molecule has 0 spiro atoms. The van der Waals surface area contributed by atoms with Crippen LogP contribution in [0.4, 0.5) is 5.69 Å². The van der Waals surface area contributed by atoms with Crippen molar-refractivity contribution in [3.63, 3.8) is 0 Å². The van der Waals surface area contributed by atoms with E-state index in [2.05, 4.69) is 72.3 Å². The van der Waals surface area contributed by atoms with E-state index in [1.165, 1.54) is 24.8 Å². The van der Waals surface area contributed by atoms with E-state index < -0.39 is 5.97 Å². The molecule has 0 bridgehead atoms. The molecule has 0 atom stereocenters. The number of unbranched alkanes of at least 4 members (excludes halogenated alkanes) is 2. The van der Waals surface area contributed by atoms with Crippen molar-refractivity contribution >= 4 is 46.7 Å². The van der Waals surface area contributed by atoms with Crippen molar-refractivity contribution < 1.29 is 9.90 Å². The van der Waals surface area contributed by atoms with E-state index in [4.69, 9.17) is 10.1 Å². The van der Waals surface area contributed by atoms with E-state index in [-0.39, 0.29) is 20.9 Å². The molecule has 32 heavy (non-hydrogen) atoms. The third kappa shape index (κ3) is 4.87. The minimum atomic E-state index is -0.714. The van der Waals surface area contributed by atoms with Crippen molar-refractivity contribution in [3.05, 3.63) is 53.9 Å². The van der Waals surface area contributed by atoms with E-state index in [1.54, 1.807) is 0 Å². The molecular formula is C26H30N3O2Se+. The van der Waals surface area contributed by atoms with Crippen LogP contribution in [0.15, 0.2) is 48.5 Å². The van der Waals surface area contributed by atoms with Crippen molar-refractivity contribution in [2.45, 2.75) is 39.5 Å². The molecule has 2 aromatic carbocycles. The van der Waals surface area contributed by atoms with Crippen molar-refractivity contribution in [1.82, 2.24) is 9.56 Å². The number of aliphatic carboxylic acids is 1. The Hall–Kier alpha value is -2.69. The Morgan fingerprint density at radius 1 is 1.03 bits per heavy atom. The van der Waals surface area contributed by atoms with Crippen LogP contribution in [-0.2, 0) is 4.79 Å². The first kappa shape index (κ1) is 22.5. The summed E-state index contributed by atoms with van der Waals surface area (Å²) in [5.74, 6) is -0.714. The van der Waals surface area contributed by atoms with Crippen LogP contribution in [0.3, 0.4) is 0 Å². The summed E-state index contributed by atoms with van der Waals surface area (Å²) in [6.07, 6.45) is 2.86. The summed E-state index contributed by atoms with van der Waals surface area (Å²) in [5, 5.41) is 16.1. The summed E-state index contributed by atoms with van der Waals surface area (Å²) in [5.41, 5.74) is 3.35. The van der Waals surface area contributed by atoms with Gasteiger partial charge in [0.25, 0.3) is 0 Å². The number of carboxylic acids is 1. The fourth-order valence-corrected chi connectivity index (χ4v) is 6.41. The number of benzene rings is 3. The molecule has 0 fully saturated rings. The zero-order valence-corrected chi connectivity index (χ0v) is 20.4. The van der Waals surface area contributed by atoms with Crippen LogP contribution in [0, 0.1) is 0 Å². The maximum absolute atomic E-state index is 10.7. The number of nitrogens with one attached hydrogen (secondary N) is 1. The van der Waals surface area contributed by atoms with Crippen molar-refractivity contribution in [2.75, 3.05) is 25.0 Å². The molecule has 5 nitrogen and oxygen atoms in total. The average molecular weight is 496 g/mol. The van der Waals surface area contributed by atoms with Crippen LogP contribution in [-0.4, -0.2) is 50.2 Å². The molecule has 0 aromatic heterocycles. The number of aromatic nitrogens is 1. The number of carboxylic acid groups (broad SMARTS) is 1. The number of nitrogens with zero attached hydrogens (tertiary/aromatic N) is 2. The third-order valence-corrected chi connectivity index (χ3v) is 8.15. The van der Waals surface area contributed by atoms with Gasteiger partial charge in [0, 0.05) is 0 Å². The van der Waals surface area contributed by atoms with Gasteiger partial charge in [0.15, 0.2) is 0 Å². The predicted octanol–water partition coefficient (Wildman–Crippen LogP) is 4.42. The van der Waals surface area contributed by atoms with E-state index >= 15 is 0 Å². The molecule has 0 saturated heterocycles. The normalized spacial score (nSPS) is 11.3. The Kier molecular flexibility index (Phi) is 7.23. The Morgan fingerprint density at radius 2 is 1.81 bits per heavy atom. The quantitative estimate of drug-likeness (QED) is 0.119. The molecule has 166 valence electrons. The Morgan fingerprint density at radius 3 is 2.56 bits per heavy atom. The topological polar surface area (TPSA) is 65.2 Å². The number of hydrogen-bond acceptors (Lipinski definition) is 3. The molecule has 6 heteroatoms. The zero-order valence-electron chi connectivity index (χ0n) is 18.7. The van der Waals surface area contributed by atoms with E-state index in [1.807, 2.05) is 0 Å². The van der Waals surface area contributed by atoms with Crippen LogP contribution >= 0.6 is 0 Å². The van der Waals surface area contributed by atoms with Gasteiger partial charge < -0.3 is 0 Å². The molecule has 4 rings (SSSR count). The van der Waals surface area contributed by atoms with Crippen LogP contribution in [0.2, 0.25) is 0 Å². The number of rotatable bonds is 9. The monoisotopic (exact) mass is 496 g/mol. The molecule has 0 amide bonds. The second-order valence-electron chi connectivity index (χ2n) is 7.99. The van der Waals surface area contributed by atoms with Gasteiger partial charge in [-0.2, -0.15) is 0 Å². The summed E-state index contributed by atoms with van der Waals surface area (Å²) in [7, 11) is 0. The van der Waals surface area contributed by atoms with Crippen LogP contribution in [0.25, 0.3) is 30.7 Å². The molecule has 0 radical (unpaired) electrons. The summed E-state index contributed by atoms with van der Waals surface area (Å²) in [6.45, 7) is 7.23. The van der Waals surface area contributed by atoms with E-state index in [9.17, 15) is 4.79 Å². The van der Waals surface area contributed by atoms with Gasteiger partial charge in [-0.25, -0.2) is 0 Å². The van der Waals surface area contributed by atoms with Gasteiger partial charge >= 0.3 is 195 Å². The molecule has 1 heterocycles. The molecule has 2 aromatic rings. The van der Waals surface area contributed by atoms with Gasteiger partial charge in [-0.3, -0.25) is 0 Å². The van der Waals surface area contributed by atoms with Gasteiger partial charge in [0.2, 0.25) is 0 Å². The van der Waals surface area contributed by atoms with Crippen molar-refractivity contribution in [3.8, 4) is 10.1 Å². The standard InChI is InChI=1S/C26H29N3O2Se/c1-3-29(4-2)18-13-14-21-23(16-18)32-24-17-22(27-15-9-5-6-12-25(30)31)19-10-7-8-11-20(19)26(24)28-21/h7-8,10-11,13-14,16-17H,3-6,9,12,15H2,1-2H3,(H,30,31)/p+1. The third-order valence-electron chi connectivity index (χ3n) is 5.89. The Bertz CT molecular complexity index is 1290. The van der Waals surface area contributed by atoms with E-state index in [0.717, 1.165) is 55.8 Å². The first-order chi connectivity index (χ1) is 15.6. The van der Waals surface area contributed by atoms with Crippen molar-refractivity contribution in [1.29, 1.82) is 0 Å². The average Bonchev–Trinajstić information content (AvgIpc) is 2.80. The second kappa shape index (κ2) is 10.3. The van der Waals surface area contributed by atoms with Gasteiger partial charge in [-0.05, 0) is 0 Å². The zero-order chi connectivity index (χ0) is 22.5. The fraction of sp³-hybridized carbons (Fsp3) is 0.346. The molecule has 2 N–H and O–H groups in total. The Labute approximate surface area is 194 Å². The summed E-state index contributed by atoms with van der Waals surface area (Å²) < 4.78 is 5.03. The van der Waals surface area contributed by atoms with Crippen molar-refractivity contribution in [2.24, 2.45) is 0 Å². The molecule has 1 aliphatic heterocycles. The SMILES string of the molecule is CC[N+](CC)=c1ccc2nc3c(cc(NCCCCCC(=O)O)c4ccccc43)[se]c-2c1. The van der Waals surface area contributed by atoms with Crippen LogP contribution in [0.1, 0.15) is 39.5 Å².